The van der Waals surface area contributed by atoms with Crippen molar-refractivity contribution in [1.29, 1.82) is 0 Å². The largest absolute Gasteiger partial charge is 0.241 e. The van der Waals surface area contributed by atoms with Crippen LogP contribution in [0.4, 0.5) is 0 Å². The summed E-state index contributed by atoms with van der Waals surface area (Å²) in [6.45, 7) is 0. The number of pyridine rings is 1. The first-order valence-corrected chi connectivity index (χ1v) is 6.44. The van der Waals surface area contributed by atoms with Gasteiger partial charge < -0.3 is 0 Å². The van der Waals surface area contributed by atoms with Crippen LogP contribution in [0.15, 0.2) is 53.6 Å². The molecule has 2 aromatic carbocycles. The Bertz CT molecular complexity index is 661. The Kier molecular flexibility index (Phi) is 2.29. The molecular weight excluding hydrogens is 214 g/mol. The van der Waals surface area contributed by atoms with Gasteiger partial charge in [-0.25, -0.2) is 4.98 Å². The molecule has 1 heterocycles. The van der Waals surface area contributed by atoms with Gasteiger partial charge >= 0.3 is 0 Å². The zero-order valence-corrected chi connectivity index (χ0v) is 9.79. The molecule has 0 aliphatic carbocycles. The third-order valence-electron chi connectivity index (χ3n) is 2.77. The van der Waals surface area contributed by atoms with Gasteiger partial charge in [0, 0.05) is 10.8 Å². The van der Waals surface area contributed by atoms with E-state index in [0.717, 1.165) is 10.5 Å². The highest BCUT2D eigenvalue weighted by molar-refractivity contribution is 7.98. The van der Waals surface area contributed by atoms with Crippen molar-refractivity contribution in [3.05, 3.63) is 48.5 Å². The van der Waals surface area contributed by atoms with Gasteiger partial charge in [0.25, 0.3) is 0 Å². The third-order valence-corrected chi connectivity index (χ3v) is 3.46. The second kappa shape index (κ2) is 3.80. The molecule has 0 bridgehead atoms. The molecule has 0 saturated carbocycles. The van der Waals surface area contributed by atoms with Crippen LogP contribution >= 0.6 is 11.8 Å². The Labute approximate surface area is 98.5 Å². The maximum absolute atomic E-state index is 4.68. The molecule has 3 rings (SSSR count). The van der Waals surface area contributed by atoms with Gasteiger partial charge in [0.05, 0.1) is 5.52 Å². The van der Waals surface area contributed by atoms with E-state index in [1.165, 1.54) is 16.2 Å². The van der Waals surface area contributed by atoms with E-state index >= 15 is 0 Å². The topological polar surface area (TPSA) is 12.9 Å². The lowest BCUT2D eigenvalue weighted by Crippen LogP contribution is -1.86. The Morgan fingerprint density at radius 3 is 2.19 bits per heavy atom. The van der Waals surface area contributed by atoms with Gasteiger partial charge in [0.1, 0.15) is 5.03 Å². The second-order valence-electron chi connectivity index (χ2n) is 3.68. The summed E-state index contributed by atoms with van der Waals surface area (Å²) >= 11 is 1.70. The molecule has 0 fully saturated rings. The first kappa shape index (κ1) is 9.67. The first-order valence-electron chi connectivity index (χ1n) is 5.21. The van der Waals surface area contributed by atoms with Gasteiger partial charge in [0.2, 0.25) is 0 Å². The lowest BCUT2D eigenvalue weighted by Gasteiger charge is -2.06. The van der Waals surface area contributed by atoms with Crippen molar-refractivity contribution in [3.8, 4) is 0 Å². The Morgan fingerprint density at radius 1 is 0.812 bits per heavy atom. The molecule has 0 spiro atoms. The molecule has 0 N–H and O–H groups in total. The lowest BCUT2D eigenvalue weighted by atomic mass is 10.1. The van der Waals surface area contributed by atoms with Gasteiger partial charge in [-0.1, -0.05) is 42.5 Å². The number of nitrogens with zero attached hydrogens (tertiary/aromatic N) is 1. The van der Waals surface area contributed by atoms with E-state index in [4.69, 9.17) is 0 Å². The fourth-order valence-corrected chi connectivity index (χ4v) is 2.62. The van der Waals surface area contributed by atoms with Crippen LogP contribution in [0.5, 0.6) is 0 Å². The predicted octanol–water partition coefficient (Wildman–Crippen LogP) is 4.11. The molecule has 0 saturated heterocycles. The van der Waals surface area contributed by atoms with Crippen LogP contribution < -0.4 is 0 Å². The molecule has 2 heteroatoms. The number of hydrogen-bond donors (Lipinski definition) is 0. The van der Waals surface area contributed by atoms with Crippen molar-refractivity contribution in [3.63, 3.8) is 0 Å². The zero-order valence-electron chi connectivity index (χ0n) is 8.97. The van der Waals surface area contributed by atoms with Gasteiger partial charge in [0.15, 0.2) is 0 Å². The molecule has 1 nitrogen and oxygen atoms in total. The minimum absolute atomic E-state index is 1.07. The molecule has 78 valence electrons. The molecule has 0 aliphatic rings. The molecule has 1 aromatic heterocycles. The molecule has 0 aliphatic heterocycles. The number of fused-ring (bicyclic) bond motifs is 3. The van der Waals surface area contributed by atoms with Crippen molar-refractivity contribution in [2.75, 3.05) is 6.26 Å². The number of hydrogen-bond acceptors (Lipinski definition) is 2. The zero-order chi connectivity index (χ0) is 11.0. The number of para-hydroxylation sites is 1. The summed E-state index contributed by atoms with van der Waals surface area (Å²) in [4.78, 5) is 4.68. The Hall–Kier alpha value is -1.54. The maximum Gasteiger partial charge on any atom is 0.104 e. The molecule has 0 atom stereocenters. The third kappa shape index (κ3) is 1.38. The molecular formula is C14H11NS. The van der Waals surface area contributed by atoms with E-state index < -0.39 is 0 Å². The summed E-state index contributed by atoms with van der Waals surface area (Å²) in [5, 5.41) is 4.87. The van der Waals surface area contributed by atoms with E-state index in [-0.39, 0.29) is 0 Å². The molecule has 16 heavy (non-hydrogen) atoms. The normalized spacial score (nSPS) is 11.1. The van der Waals surface area contributed by atoms with Crippen LogP contribution in [0.1, 0.15) is 0 Å². The van der Waals surface area contributed by atoms with Crippen molar-refractivity contribution in [1.82, 2.24) is 4.98 Å². The minimum atomic E-state index is 1.07. The van der Waals surface area contributed by atoms with E-state index in [1.54, 1.807) is 11.8 Å². The van der Waals surface area contributed by atoms with Crippen LogP contribution in [-0.4, -0.2) is 11.2 Å². The van der Waals surface area contributed by atoms with Gasteiger partial charge in [-0.05, 0) is 17.7 Å². The second-order valence-corrected chi connectivity index (χ2v) is 4.48. The number of rotatable bonds is 1. The van der Waals surface area contributed by atoms with Crippen LogP contribution in [0.25, 0.3) is 21.7 Å². The fourth-order valence-electron chi connectivity index (χ4n) is 2.03. The van der Waals surface area contributed by atoms with E-state index in [9.17, 15) is 0 Å². The summed E-state index contributed by atoms with van der Waals surface area (Å²) in [5.41, 5.74) is 1.07. The van der Waals surface area contributed by atoms with E-state index in [0.29, 0.717) is 0 Å². The van der Waals surface area contributed by atoms with Crippen LogP contribution in [0.2, 0.25) is 0 Å². The van der Waals surface area contributed by atoms with Crippen molar-refractivity contribution in [2.24, 2.45) is 0 Å². The molecule has 0 unspecified atom stereocenters. The van der Waals surface area contributed by atoms with Crippen LogP contribution in [0.3, 0.4) is 0 Å². The molecule has 3 aromatic rings. The summed E-state index contributed by atoms with van der Waals surface area (Å²) < 4.78 is 0. The van der Waals surface area contributed by atoms with Gasteiger partial charge in [-0.2, -0.15) is 0 Å². The smallest absolute Gasteiger partial charge is 0.104 e. The SMILES string of the molecule is CSc1nc2ccccc2c2ccccc12. The van der Waals surface area contributed by atoms with Crippen LogP contribution in [-0.2, 0) is 0 Å². The summed E-state index contributed by atoms with van der Waals surface area (Å²) in [5.74, 6) is 0. The summed E-state index contributed by atoms with van der Waals surface area (Å²) in [7, 11) is 0. The van der Waals surface area contributed by atoms with Gasteiger partial charge in [-0.3, -0.25) is 0 Å². The van der Waals surface area contributed by atoms with Crippen molar-refractivity contribution in [2.45, 2.75) is 5.03 Å². The quantitative estimate of drug-likeness (QED) is 0.456. The summed E-state index contributed by atoms with van der Waals surface area (Å²) in [6, 6.07) is 16.8. The number of benzene rings is 2. The predicted molar refractivity (Wildman–Crippen MR) is 71.0 cm³/mol. The monoisotopic (exact) mass is 225 g/mol. The standard InChI is InChI=1S/C14H11NS/c1-16-14-12-8-3-2-6-10(12)11-7-4-5-9-13(11)15-14/h2-9H,1H3. The number of thioether (sulfide) groups is 1. The van der Waals surface area contributed by atoms with E-state index in [1.807, 2.05) is 6.07 Å². The van der Waals surface area contributed by atoms with E-state index in [2.05, 4.69) is 53.7 Å². The molecule has 0 radical (unpaired) electrons. The van der Waals surface area contributed by atoms with Crippen LogP contribution in [0, 0.1) is 0 Å². The minimum Gasteiger partial charge on any atom is -0.241 e. The highest BCUT2D eigenvalue weighted by atomic mass is 32.2. The first-order chi connectivity index (χ1) is 7.90. The lowest BCUT2D eigenvalue weighted by molar-refractivity contribution is 1.24. The maximum atomic E-state index is 4.68. The number of aromatic nitrogens is 1. The highest BCUT2D eigenvalue weighted by Gasteiger charge is 2.05. The fraction of sp³-hybridized carbons (Fsp3) is 0.0714. The summed E-state index contributed by atoms with van der Waals surface area (Å²) in [6.07, 6.45) is 2.07. The average Bonchev–Trinajstić information content (AvgIpc) is 2.38. The Balaban J connectivity index is 2.57. The highest BCUT2D eigenvalue weighted by Crippen LogP contribution is 2.30. The average molecular weight is 225 g/mol. The Morgan fingerprint density at radius 2 is 1.44 bits per heavy atom. The van der Waals surface area contributed by atoms with Gasteiger partial charge in [-0.15, -0.1) is 11.8 Å². The molecule has 0 amide bonds. The van der Waals surface area contributed by atoms with Crippen molar-refractivity contribution >= 4 is 33.4 Å². The van der Waals surface area contributed by atoms with Crippen molar-refractivity contribution < 1.29 is 0 Å².